The molecule has 6 heteroatoms. The Morgan fingerprint density at radius 3 is 2.64 bits per heavy atom. The smallest absolute Gasteiger partial charge is 0.195 e. The van der Waals surface area contributed by atoms with Crippen molar-refractivity contribution in [2.75, 3.05) is 19.6 Å². The number of nitrogens with zero attached hydrogens (tertiary/aromatic N) is 1. The van der Waals surface area contributed by atoms with Crippen LogP contribution in [0.5, 0.6) is 0 Å². The predicted molar refractivity (Wildman–Crippen MR) is 59.3 cm³/mol. The van der Waals surface area contributed by atoms with E-state index in [9.17, 15) is 0 Å². The van der Waals surface area contributed by atoms with E-state index in [4.69, 9.17) is 16.9 Å². The molecule has 0 saturated carbocycles. The first kappa shape index (κ1) is 12.7. The molecule has 0 atom stereocenters. The number of aliphatic imine (C=N–C) groups is 1. The summed E-state index contributed by atoms with van der Waals surface area (Å²) in [6.07, 6.45) is 2.07. The van der Waals surface area contributed by atoms with Gasteiger partial charge in [-0.3, -0.25) is 15.7 Å². The minimum absolute atomic E-state index is 0.185. The van der Waals surface area contributed by atoms with E-state index in [1.807, 2.05) is 0 Å². The molecule has 6 nitrogen and oxygen atoms in total. The minimum Gasteiger partial charge on any atom is -0.370 e. The molecule has 7 N–H and O–H groups in total. The lowest BCUT2D eigenvalue weighted by atomic mass is 10.4. The molecule has 0 saturated heterocycles. The molecule has 0 aliphatic rings. The third-order valence-electron chi connectivity index (χ3n) is 1.48. The Kier molecular flexibility index (Phi) is 7.53. The molecule has 0 bridgehead atoms. The summed E-state index contributed by atoms with van der Waals surface area (Å²) in [5.41, 5.74) is 10.5. The van der Waals surface area contributed by atoms with Crippen LogP contribution in [0.4, 0.5) is 0 Å². The summed E-state index contributed by atoms with van der Waals surface area (Å²) in [6.45, 7) is 4.73. The van der Waals surface area contributed by atoms with Gasteiger partial charge in [0.25, 0.3) is 0 Å². The molecule has 0 aromatic rings. The number of nitrogens with one attached hydrogen (secondary N) is 3. The molecule has 0 aliphatic carbocycles. The fourth-order valence-corrected chi connectivity index (χ4v) is 0.883. The van der Waals surface area contributed by atoms with Crippen molar-refractivity contribution >= 4 is 11.9 Å². The molecule has 0 rings (SSSR count). The number of rotatable bonds is 6. The average molecular weight is 200 g/mol. The Balaban J connectivity index is 3.36. The molecular formula is C8H20N6. The molecular weight excluding hydrogens is 180 g/mol. The van der Waals surface area contributed by atoms with Crippen molar-refractivity contribution in [3.8, 4) is 0 Å². The van der Waals surface area contributed by atoms with Crippen molar-refractivity contribution in [3.05, 3.63) is 0 Å². The Bertz CT molecular complexity index is 188. The Hall–Kier alpha value is -1.30. The monoisotopic (exact) mass is 200 g/mol. The van der Waals surface area contributed by atoms with E-state index in [-0.39, 0.29) is 11.9 Å². The topological polar surface area (TPSA) is 112 Å². The van der Waals surface area contributed by atoms with E-state index in [1.165, 1.54) is 0 Å². The van der Waals surface area contributed by atoms with Crippen molar-refractivity contribution in [1.29, 1.82) is 5.41 Å². The lowest BCUT2D eigenvalue weighted by Gasteiger charge is -2.03. The maximum atomic E-state index is 6.89. The molecule has 0 aromatic carbocycles. The number of hydrogen-bond donors (Lipinski definition) is 5. The van der Waals surface area contributed by atoms with Gasteiger partial charge < -0.3 is 16.8 Å². The molecule has 14 heavy (non-hydrogen) atoms. The molecule has 82 valence electrons. The van der Waals surface area contributed by atoms with Gasteiger partial charge in [-0.05, 0) is 25.9 Å². The quantitative estimate of drug-likeness (QED) is 0.219. The van der Waals surface area contributed by atoms with Gasteiger partial charge in [0.1, 0.15) is 0 Å². The zero-order valence-corrected chi connectivity index (χ0v) is 8.64. The normalized spacial score (nSPS) is 11.4. The largest absolute Gasteiger partial charge is 0.370 e. The van der Waals surface area contributed by atoms with Gasteiger partial charge in [-0.1, -0.05) is 6.92 Å². The highest BCUT2D eigenvalue weighted by atomic mass is 15.2. The van der Waals surface area contributed by atoms with E-state index in [0.717, 1.165) is 25.9 Å². The van der Waals surface area contributed by atoms with Gasteiger partial charge in [-0.25, -0.2) is 0 Å². The Labute approximate surface area is 84.7 Å². The van der Waals surface area contributed by atoms with Crippen LogP contribution < -0.4 is 22.1 Å². The van der Waals surface area contributed by atoms with Gasteiger partial charge in [-0.15, -0.1) is 0 Å². The van der Waals surface area contributed by atoms with E-state index in [2.05, 4.69) is 22.5 Å². The number of hydrogen-bond acceptors (Lipinski definition) is 3. The Morgan fingerprint density at radius 1 is 1.36 bits per heavy atom. The van der Waals surface area contributed by atoms with Gasteiger partial charge in [0.2, 0.25) is 0 Å². The first-order chi connectivity index (χ1) is 6.66. The zero-order valence-electron chi connectivity index (χ0n) is 8.64. The lowest BCUT2D eigenvalue weighted by molar-refractivity contribution is 0.645. The van der Waals surface area contributed by atoms with Crippen molar-refractivity contribution in [2.45, 2.75) is 19.8 Å². The number of guanidine groups is 2. The average Bonchev–Trinajstić information content (AvgIpc) is 2.10. The van der Waals surface area contributed by atoms with E-state index < -0.39 is 0 Å². The maximum Gasteiger partial charge on any atom is 0.195 e. The minimum atomic E-state index is -0.185. The van der Waals surface area contributed by atoms with E-state index >= 15 is 0 Å². The summed E-state index contributed by atoms with van der Waals surface area (Å²) in [6, 6.07) is 0. The summed E-state index contributed by atoms with van der Waals surface area (Å²) < 4.78 is 0. The van der Waals surface area contributed by atoms with Crippen LogP contribution in [-0.4, -0.2) is 31.6 Å². The van der Waals surface area contributed by atoms with Crippen LogP contribution in [0.1, 0.15) is 19.8 Å². The van der Waals surface area contributed by atoms with Gasteiger partial charge in [0.15, 0.2) is 11.9 Å². The van der Waals surface area contributed by atoms with Gasteiger partial charge in [0.05, 0.1) is 0 Å². The summed E-state index contributed by atoms with van der Waals surface area (Å²) >= 11 is 0. The van der Waals surface area contributed by atoms with Crippen molar-refractivity contribution in [1.82, 2.24) is 10.6 Å². The molecule has 0 aliphatic heterocycles. The predicted octanol–water partition coefficient (Wildman–Crippen LogP) is -0.826. The second kappa shape index (κ2) is 8.31. The molecule has 0 amide bonds. The first-order valence-corrected chi connectivity index (χ1v) is 4.78. The van der Waals surface area contributed by atoms with Crippen LogP contribution >= 0.6 is 0 Å². The SMILES string of the molecule is CCCNCCCN=C(N)NC(=N)N. The van der Waals surface area contributed by atoms with Crippen LogP contribution in [-0.2, 0) is 0 Å². The summed E-state index contributed by atoms with van der Waals surface area (Å²) in [4.78, 5) is 3.98. The van der Waals surface area contributed by atoms with Crippen LogP contribution in [0.2, 0.25) is 0 Å². The molecule has 0 heterocycles. The second-order valence-corrected chi connectivity index (χ2v) is 2.91. The van der Waals surface area contributed by atoms with Crippen LogP contribution in [0, 0.1) is 5.41 Å². The Morgan fingerprint density at radius 2 is 2.07 bits per heavy atom. The summed E-state index contributed by atoms with van der Waals surface area (Å²) in [5.74, 6) is 0.0170. The molecule has 0 aromatic heterocycles. The van der Waals surface area contributed by atoms with E-state index in [0.29, 0.717) is 6.54 Å². The van der Waals surface area contributed by atoms with Gasteiger partial charge in [0, 0.05) is 6.54 Å². The second-order valence-electron chi connectivity index (χ2n) is 2.91. The standard InChI is InChI=1S/C8H20N6/c1-2-4-12-5-3-6-13-8(11)14-7(9)10/h12H,2-6H2,1H3,(H6,9,10,11,13,14). The highest BCUT2D eigenvalue weighted by Gasteiger charge is 1.91. The highest BCUT2D eigenvalue weighted by molar-refractivity contribution is 5.95. The van der Waals surface area contributed by atoms with Gasteiger partial charge >= 0.3 is 0 Å². The molecule has 0 spiro atoms. The third kappa shape index (κ3) is 8.79. The molecule has 0 radical (unpaired) electrons. The lowest BCUT2D eigenvalue weighted by Crippen LogP contribution is -2.40. The fraction of sp³-hybridized carbons (Fsp3) is 0.750. The number of nitrogens with two attached hydrogens (primary N) is 2. The van der Waals surface area contributed by atoms with Gasteiger partial charge in [-0.2, -0.15) is 0 Å². The highest BCUT2D eigenvalue weighted by Crippen LogP contribution is 1.79. The zero-order chi connectivity index (χ0) is 10.8. The molecule has 0 fully saturated rings. The van der Waals surface area contributed by atoms with Crippen molar-refractivity contribution < 1.29 is 0 Å². The first-order valence-electron chi connectivity index (χ1n) is 4.78. The van der Waals surface area contributed by atoms with Crippen LogP contribution in [0.25, 0.3) is 0 Å². The summed E-state index contributed by atoms with van der Waals surface area (Å²) in [5, 5.41) is 12.6. The van der Waals surface area contributed by atoms with Crippen molar-refractivity contribution in [3.63, 3.8) is 0 Å². The summed E-state index contributed by atoms with van der Waals surface area (Å²) in [7, 11) is 0. The van der Waals surface area contributed by atoms with Crippen LogP contribution in [0.3, 0.4) is 0 Å². The van der Waals surface area contributed by atoms with Crippen LogP contribution in [0.15, 0.2) is 4.99 Å². The van der Waals surface area contributed by atoms with E-state index in [1.54, 1.807) is 0 Å². The third-order valence-corrected chi connectivity index (χ3v) is 1.48. The fourth-order valence-electron chi connectivity index (χ4n) is 0.883. The maximum absolute atomic E-state index is 6.89. The van der Waals surface area contributed by atoms with Crippen molar-refractivity contribution in [2.24, 2.45) is 16.5 Å². The molecule has 0 unspecified atom stereocenters.